The largest absolute Gasteiger partial charge is 0.471 e. The first-order valence-corrected chi connectivity index (χ1v) is 8.42. The maximum atomic E-state index is 12.6. The highest BCUT2D eigenvalue weighted by Crippen LogP contribution is 2.52. The van der Waals surface area contributed by atoms with Gasteiger partial charge in [0.05, 0.1) is 6.61 Å². The smallest absolute Gasteiger partial charge is 0.465 e. The first kappa shape index (κ1) is 21.2. The summed E-state index contributed by atoms with van der Waals surface area (Å²) in [5.74, 6) is -6.06. The van der Waals surface area contributed by atoms with E-state index < -0.39 is 38.2 Å². The number of carbonyl (C=O) groups is 2. The van der Waals surface area contributed by atoms with E-state index in [1.165, 1.54) is 13.2 Å². The van der Waals surface area contributed by atoms with Gasteiger partial charge in [0.1, 0.15) is 6.54 Å². The molecule has 0 bridgehead atoms. The van der Waals surface area contributed by atoms with E-state index in [9.17, 15) is 32.2 Å². The average molecular weight is 369 g/mol. The lowest BCUT2D eigenvalue weighted by Gasteiger charge is -2.31. The Labute approximate surface area is 128 Å². The number of ether oxygens (including phenoxy) is 2. The SMILES string of the molecule is CCOC(=O)CN(C(=O)C(F)(F)F)C(OC)P(=O)(O)OSC. The summed E-state index contributed by atoms with van der Waals surface area (Å²) in [5, 5.41) is 0. The molecular formula is C9H15F3NO7PS. The van der Waals surface area contributed by atoms with Gasteiger partial charge in [-0.3, -0.25) is 19.1 Å². The molecule has 22 heavy (non-hydrogen) atoms. The Hall–Kier alpha value is -0.810. The number of methoxy groups -OCH3 is 1. The van der Waals surface area contributed by atoms with Crippen LogP contribution in [-0.4, -0.2) is 60.3 Å². The summed E-state index contributed by atoms with van der Waals surface area (Å²) in [7, 11) is -4.03. The number of alkyl halides is 3. The van der Waals surface area contributed by atoms with Crippen molar-refractivity contribution >= 4 is 31.5 Å². The van der Waals surface area contributed by atoms with Gasteiger partial charge in [0, 0.05) is 13.4 Å². The summed E-state index contributed by atoms with van der Waals surface area (Å²) in [4.78, 5) is 32.0. The number of nitrogens with zero attached hydrogens (tertiary/aromatic N) is 1. The van der Waals surface area contributed by atoms with Crippen LogP contribution in [0.15, 0.2) is 0 Å². The van der Waals surface area contributed by atoms with Gasteiger partial charge in [-0.25, -0.2) is 3.97 Å². The molecule has 2 atom stereocenters. The van der Waals surface area contributed by atoms with Gasteiger partial charge in [-0.1, -0.05) is 0 Å². The topological polar surface area (TPSA) is 102 Å². The van der Waals surface area contributed by atoms with Gasteiger partial charge in [0.2, 0.25) is 5.97 Å². The van der Waals surface area contributed by atoms with E-state index in [1.807, 2.05) is 0 Å². The number of hydrogen-bond donors (Lipinski definition) is 1. The molecule has 13 heteroatoms. The van der Waals surface area contributed by atoms with Gasteiger partial charge in [0.15, 0.2) is 0 Å². The Morgan fingerprint density at radius 1 is 1.41 bits per heavy atom. The monoisotopic (exact) mass is 369 g/mol. The van der Waals surface area contributed by atoms with Gasteiger partial charge in [-0.15, -0.1) is 0 Å². The predicted octanol–water partition coefficient (Wildman–Crippen LogP) is 1.35. The Bertz CT molecular complexity index is 447. The minimum absolute atomic E-state index is 0.150. The molecule has 0 spiro atoms. The number of carbonyl (C=O) groups excluding carboxylic acids is 2. The fraction of sp³-hybridized carbons (Fsp3) is 0.778. The van der Waals surface area contributed by atoms with Crippen LogP contribution < -0.4 is 0 Å². The lowest BCUT2D eigenvalue weighted by Crippen LogP contribution is -2.50. The van der Waals surface area contributed by atoms with E-state index in [0.717, 1.165) is 7.11 Å². The second-order valence-corrected chi connectivity index (χ2v) is 6.10. The number of esters is 1. The van der Waals surface area contributed by atoms with Crippen LogP contribution in [0.3, 0.4) is 0 Å². The van der Waals surface area contributed by atoms with Crippen LogP contribution in [0, 0.1) is 0 Å². The lowest BCUT2D eigenvalue weighted by atomic mass is 10.4. The van der Waals surface area contributed by atoms with Crippen LogP contribution in [0.1, 0.15) is 6.92 Å². The molecular weight excluding hydrogens is 354 g/mol. The van der Waals surface area contributed by atoms with Crippen LogP contribution in [0.5, 0.6) is 0 Å². The van der Waals surface area contributed by atoms with Crippen molar-refractivity contribution in [3.63, 3.8) is 0 Å². The highest BCUT2D eigenvalue weighted by atomic mass is 32.2. The third-order valence-electron chi connectivity index (χ3n) is 2.05. The van der Waals surface area contributed by atoms with Crippen molar-refractivity contribution in [1.82, 2.24) is 4.90 Å². The summed E-state index contributed by atoms with van der Waals surface area (Å²) >= 11 is 0.390. The van der Waals surface area contributed by atoms with Crippen molar-refractivity contribution in [2.45, 2.75) is 19.1 Å². The molecule has 0 fully saturated rings. The van der Waals surface area contributed by atoms with Gasteiger partial charge < -0.3 is 14.4 Å². The summed E-state index contributed by atoms with van der Waals surface area (Å²) in [5.41, 5.74) is 0. The normalized spacial score (nSPS) is 15.8. The molecule has 8 nitrogen and oxygen atoms in total. The highest BCUT2D eigenvalue weighted by molar-refractivity contribution is 7.97. The van der Waals surface area contributed by atoms with Gasteiger partial charge in [-0.2, -0.15) is 13.2 Å². The van der Waals surface area contributed by atoms with Crippen molar-refractivity contribution in [1.29, 1.82) is 0 Å². The number of hydrogen-bond acceptors (Lipinski definition) is 7. The molecule has 1 N–H and O–H groups in total. The first-order valence-electron chi connectivity index (χ1n) is 5.62. The van der Waals surface area contributed by atoms with Crippen molar-refractivity contribution in [2.75, 3.05) is 26.5 Å². The molecule has 0 heterocycles. The minimum Gasteiger partial charge on any atom is -0.465 e. The molecule has 1 amide bonds. The van der Waals surface area contributed by atoms with Crippen LogP contribution >= 0.6 is 19.6 Å². The summed E-state index contributed by atoms with van der Waals surface area (Å²) in [6, 6.07) is 0. The van der Waals surface area contributed by atoms with Crippen LogP contribution in [0.2, 0.25) is 0 Å². The molecule has 130 valence electrons. The molecule has 0 aliphatic rings. The van der Waals surface area contributed by atoms with Crippen molar-refractivity contribution in [2.24, 2.45) is 0 Å². The Morgan fingerprint density at radius 3 is 2.32 bits per heavy atom. The van der Waals surface area contributed by atoms with Gasteiger partial charge in [-0.05, 0) is 19.0 Å². The first-order chi connectivity index (χ1) is 10.0. The van der Waals surface area contributed by atoms with E-state index in [4.69, 9.17) is 0 Å². The fourth-order valence-corrected chi connectivity index (χ4v) is 3.29. The summed E-state index contributed by atoms with van der Waals surface area (Å²) < 4.78 is 62.9. The molecule has 0 radical (unpaired) electrons. The standard InChI is InChI=1S/C9H15F3NO7PS/c1-4-19-6(14)5-13(7(15)9(10,11)12)8(18-2)21(16,17)20-22-3/h8H,4-5H2,1-3H3,(H,16,17). The van der Waals surface area contributed by atoms with E-state index in [2.05, 4.69) is 13.4 Å². The maximum Gasteiger partial charge on any atom is 0.471 e. The fourth-order valence-electron chi connectivity index (χ4n) is 1.34. The maximum absolute atomic E-state index is 12.6. The van der Waals surface area contributed by atoms with Gasteiger partial charge >= 0.3 is 25.6 Å². The number of rotatable bonds is 8. The zero-order chi connectivity index (χ0) is 17.6. The van der Waals surface area contributed by atoms with Crippen molar-refractivity contribution in [3.05, 3.63) is 0 Å². The summed E-state index contributed by atoms with van der Waals surface area (Å²) in [6.45, 7) is 0.0189. The zero-order valence-electron chi connectivity index (χ0n) is 11.8. The van der Waals surface area contributed by atoms with E-state index in [1.54, 1.807) is 0 Å². The molecule has 0 aliphatic heterocycles. The second-order valence-electron chi connectivity index (χ2n) is 3.60. The molecule has 0 saturated carbocycles. The third-order valence-corrected chi connectivity index (χ3v) is 4.54. The summed E-state index contributed by atoms with van der Waals surface area (Å²) in [6.07, 6.45) is -4.15. The van der Waals surface area contributed by atoms with Crippen molar-refractivity contribution < 1.29 is 45.7 Å². The van der Waals surface area contributed by atoms with Crippen LogP contribution in [0.4, 0.5) is 13.2 Å². The van der Waals surface area contributed by atoms with E-state index in [-0.39, 0.29) is 11.5 Å². The number of amides is 1. The Balaban J connectivity index is 5.57. The molecule has 0 aliphatic carbocycles. The average Bonchev–Trinajstić information content (AvgIpc) is 2.36. The van der Waals surface area contributed by atoms with Crippen LogP contribution in [-0.2, 0) is 27.6 Å². The molecule has 0 aromatic heterocycles. The molecule has 0 aromatic carbocycles. The quantitative estimate of drug-likeness (QED) is 0.296. The van der Waals surface area contributed by atoms with Crippen molar-refractivity contribution in [3.8, 4) is 0 Å². The highest BCUT2D eigenvalue weighted by Gasteiger charge is 2.50. The third kappa shape index (κ3) is 6.13. The second kappa shape index (κ2) is 8.73. The lowest BCUT2D eigenvalue weighted by molar-refractivity contribution is -0.194. The van der Waals surface area contributed by atoms with Crippen LogP contribution in [0.25, 0.3) is 0 Å². The zero-order valence-corrected chi connectivity index (χ0v) is 13.5. The van der Waals surface area contributed by atoms with Gasteiger partial charge in [0.25, 0.3) is 0 Å². The number of halogens is 3. The molecule has 2 unspecified atom stereocenters. The minimum atomic E-state index is -5.39. The predicted molar refractivity (Wildman–Crippen MR) is 69.6 cm³/mol. The van der Waals surface area contributed by atoms with E-state index >= 15 is 0 Å². The Morgan fingerprint density at radius 2 is 1.95 bits per heavy atom. The molecule has 0 saturated heterocycles. The Kier molecular flexibility index (Phi) is 8.40. The van der Waals surface area contributed by atoms with E-state index in [0.29, 0.717) is 12.0 Å². The molecule has 0 aromatic rings. The molecule has 0 rings (SSSR count).